The van der Waals surface area contributed by atoms with Crippen LogP contribution in [0.15, 0.2) is 0 Å². The lowest BCUT2D eigenvalue weighted by Crippen LogP contribution is -2.29. The summed E-state index contributed by atoms with van der Waals surface area (Å²) in [4.78, 5) is 32.6. The zero-order valence-electron chi connectivity index (χ0n) is 15.1. The molecule has 1 rings (SSSR count). The number of methoxy groups -OCH3 is 1. The van der Waals surface area contributed by atoms with Gasteiger partial charge in [0.2, 0.25) is 6.41 Å². The molecule has 0 radical (unpaired) electrons. The van der Waals surface area contributed by atoms with Crippen LogP contribution in [0.2, 0.25) is 0 Å². The predicted octanol–water partition coefficient (Wildman–Crippen LogP) is -0.384. The molecule has 1 aromatic rings. The van der Waals surface area contributed by atoms with Gasteiger partial charge in [-0.25, -0.2) is 0 Å². The lowest BCUT2D eigenvalue weighted by Gasteiger charge is -2.24. The lowest BCUT2D eigenvalue weighted by molar-refractivity contribution is -0.134. The van der Waals surface area contributed by atoms with Gasteiger partial charge in [0.05, 0.1) is 26.2 Å². The highest BCUT2D eigenvalue weighted by atomic mass is 16.6. The first-order valence-electron chi connectivity index (χ1n) is 7.59. The minimum Gasteiger partial charge on any atom is -0.467 e. The van der Waals surface area contributed by atoms with Gasteiger partial charge >= 0.3 is 18.0 Å². The van der Waals surface area contributed by atoms with Crippen LogP contribution in [-0.2, 0) is 9.59 Å². The van der Waals surface area contributed by atoms with Crippen LogP contribution in [0.25, 0.3) is 0 Å². The van der Waals surface area contributed by atoms with Crippen LogP contribution in [0.5, 0.6) is 12.0 Å². The summed E-state index contributed by atoms with van der Waals surface area (Å²) < 4.78 is 9.65. The van der Waals surface area contributed by atoms with Crippen LogP contribution < -0.4 is 14.8 Å². The van der Waals surface area contributed by atoms with Gasteiger partial charge in [-0.2, -0.15) is 9.97 Å². The fourth-order valence-corrected chi connectivity index (χ4v) is 1.09. The third kappa shape index (κ3) is 9.52. The van der Waals surface area contributed by atoms with E-state index in [0.29, 0.717) is 12.2 Å². The van der Waals surface area contributed by atoms with Crippen molar-refractivity contribution < 1.29 is 29.3 Å². The summed E-state index contributed by atoms with van der Waals surface area (Å²) in [7, 11) is 1.40. The van der Waals surface area contributed by atoms with Crippen LogP contribution in [0.4, 0.5) is 0 Å². The molecule has 0 saturated carbocycles. The molecule has 1 atom stereocenters. The van der Waals surface area contributed by atoms with Crippen LogP contribution in [-0.4, -0.2) is 63.9 Å². The fourth-order valence-electron chi connectivity index (χ4n) is 1.09. The Balaban J connectivity index is 0.000000609. The second-order valence-electron chi connectivity index (χ2n) is 5.77. The monoisotopic (exact) mass is 358 g/mol. The highest BCUT2D eigenvalue weighted by Gasteiger charge is 2.22. The van der Waals surface area contributed by atoms with E-state index in [1.165, 1.54) is 7.11 Å². The molecule has 1 amide bonds. The van der Waals surface area contributed by atoms with Gasteiger partial charge in [-0.05, 0) is 13.8 Å². The van der Waals surface area contributed by atoms with Crippen molar-refractivity contribution >= 4 is 12.4 Å². The standard InChI is InChI=1S/C9H12N4O4.C6H14O2/c1-6-11-8(16-2)13-9(12-6)17-7(15)3-4-10-5-14;1-5(8)6(2,3)4-7/h5H,3-4H2,1-2H3,(H,10,14);5,7-8H,4H2,1-3H3. The summed E-state index contributed by atoms with van der Waals surface area (Å²) in [5.74, 6) is -0.169. The number of carbonyl (C=O) groups is 2. The minimum atomic E-state index is -0.549. The number of aliphatic hydroxyl groups is 2. The quantitative estimate of drug-likeness (QED) is 0.321. The summed E-state index contributed by atoms with van der Waals surface area (Å²) in [5.41, 5.74) is -0.347. The van der Waals surface area contributed by atoms with E-state index in [1.807, 2.05) is 13.8 Å². The van der Waals surface area contributed by atoms with Gasteiger partial charge in [0.1, 0.15) is 5.82 Å². The molecule has 0 saturated heterocycles. The van der Waals surface area contributed by atoms with Crippen molar-refractivity contribution in [2.75, 3.05) is 20.3 Å². The summed E-state index contributed by atoms with van der Waals surface area (Å²) >= 11 is 0. The Morgan fingerprint density at radius 3 is 2.36 bits per heavy atom. The van der Waals surface area contributed by atoms with E-state index >= 15 is 0 Å². The zero-order chi connectivity index (χ0) is 19.5. The maximum Gasteiger partial charge on any atom is 0.330 e. The molecule has 1 aromatic heterocycles. The average molecular weight is 358 g/mol. The van der Waals surface area contributed by atoms with Gasteiger partial charge in [0.25, 0.3) is 0 Å². The van der Waals surface area contributed by atoms with E-state index < -0.39 is 12.1 Å². The molecule has 25 heavy (non-hydrogen) atoms. The van der Waals surface area contributed by atoms with Crippen molar-refractivity contribution in [1.82, 2.24) is 20.3 Å². The summed E-state index contributed by atoms with van der Waals surface area (Å²) in [6.07, 6.45) is 0.0994. The Morgan fingerprint density at radius 2 is 1.92 bits per heavy atom. The second kappa shape index (κ2) is 11.3. The zero-order valence-corrected chi connectivity index (χ0v) is 15.1. The topological polar surface area (TPSA) is 144 Å². The van der Waals surface area contributed by atoms with Gasteiger partial charge in [-0.15, -0.1) is 4.98 Å². The molecule has 0 bridgehead atoms. The van der Waals surface area contributed by atoms with Crippen molar-refractivity contribution in [2.45, 2.75) is 40.2 Å². The fraction of sp³-hybridized carbons (Fsp3) is 0.667. The maximum atomic E-state index is 11.3. The van der Waals surface area contributed by atoms with Gasteiger partial charge in [-0.1, -0.05) is 13.8 Å². The van der Waals surface area contributed by atoms with Gasteiger partial charge < -0.3 is 25.0 Å². The van der Waals surface area contributed by atoms with Crippen LogP contribution in [0.3, 0.4) is 0 Å². The van der Waals surface area contributed by atoms with E-state index in [0.717, 1.165) is 0 Å². The Morgan fingerprint density at radius 1 is 1.32 bits per heavy atom. The SMILES string of the molecule is CC(O)C(C)(C)CO.COc1nc(C)nc(OC(=O)CCNC=O)n1. The third-order valence-electron chi connectivity index (χ3n) is 3.19. The molecule has 142 valence electrons. The summed E-state index contributed by atoms with van der Waals surface area (Å²) in [6, 6.07) is -0.0447. The molecular weight excluding hydrogens is 332 g/mol. The number of aryl methyl sites for hydroxylation is 1. The minimum absolute atomic E-state index is 0.0324. The molecule has 0 aliphatic rings. The van der Waals surface area contributed by atoms with E-state index in [9.17, 15) is 9.59 Å². The Kier molecular flexibility index (Phi) is 10.2. The number of ether oxygens (including phenoxy) is 2. The molecule has 1 unspecified atom stereocenters. The number of carbonyl (C=O) groups excluding carboxylic acids is 2. The third-order valence-corrected chi connectivity index (χ3v) is 3.19. The Hall–Kier alpha value is -2.33. The molecule has 10 heteroatoms. The number of amides is 1. The van der Waals surface area contributed by atoms with Crippen LogP contribution in [0, 0.1) is 12.3 Å². The molecule has 3 N–H and O–H groups in total. The van der Waals surface area contributed by atoms with E-state index in [1.54, 1.807) is 13.8 Å². The van der Waals surface area contributed by atoms with E-state index in [2.05, 4.69) is 20.3 Å². The summed E-state index contributed by atoms with van der Waals surface area (Å²) in [6.45, 7) is 7.16. The van der Waals surface area contributed by atoms with Crippen LogP contribution in [0.1, 0.15) is 33.0 Å². The highest BCUT2D eigenvalue weighted by Crippen LogP contribution is 2.18. The number of hydrogen-bond donors (Lipinski definition) is 3. The highest BCUT2D eigenvalue weighted by molar-refractivity contribution is 5.72. The number of aliphatic hydroxyl groups excluding tert-OH is 2. The molecule has 0 aliphatic carbocycles. The Bertz CT molecular complexity index is 551. The first-order valence-corrected chi connectivity index (χ1v) is 7.59. The first kappa shape index (κ1) is 22.7. The largest absolute Gasteiger partial charge is 0.467 e. The van der Waals surface area contributed by atoms with Crippen molar-refractivity contribution in [3.63, 3.8) is 0 Å². The Labute approximate surface area is 146 Å². The second-order valence-corrected chi connectivity index (χ2v) is 5.77. The maximum absolute atomic E-state index is 11.3. The molecule has 0 spiro atoms. The van der Waals surface area contributed by atoms with Crippen molar-refractivity contribution in [1.29, 1.82) is 0 Å². The molecule has 0 aliphatic heterocycles. The lowest BCUT2D eigenvalue weighted by atomic mass is 9.89. The van der Waals surface area contributed by atoms with E-state index in [-0.39, 0.29) is 37.0 Å². The van der Waals surface area contributed by atoms with Crippen molar-refractivity contribution in [3.05, 3.63) is 5.82 Å². The van der Waals surface area contributed by atoms with Gasteiger partial charge in [0.15, 0.2) is 0 Å². The van der Waals surface area contributed by atoms with Crippen molar-refractivity contribution in [3.8, 4) is 12.0 Å². The molecular formula is C15H26N4O6. The predicted molar refractivity (Wildman–Crippen MR) is 88.0 cm³/mol. The summed E-state index contributed by atoms with van der Waals surface area (Å²) in [5, 5.41) is 19.9. The van der Waals surface area contributed by atoms with Crippen LogP contribution >= 0.6 is 0 Å². The normalized spacial score (nSPS) is 11.6. The number of nitrogens with one attached hydrogen (secondary N) is 1. The van der Waals surface area contributed by atoms with Gasteiger partial charge in [-0.3, -0.25) is 9.59 Å². The molecule has 0 fully saturated rings. The number of rotatable bonds is 8. The number of aromatic nitrogens is 3. The molecule has 1 heterocycles. The van der Waals surface area contributed by atoms with Gasteiger partial charge in [0, 0.05) is 12.0 Å². The van der Waals surface area contributed by atoms with E-state index in [4.69, 9.17) is 19.7 Å². The molecule has 0 aromatic carbocycles. The molecule has 10 nitrogen and oxygen atoms in total. The number of nitrogens with zero attached hydrogens (tertiary/aromatic N) is 3. The number of esters is 1. The number of hydrogen-bond acceptors (Lipinski definition) is 9. The average Bonchev–Trinajstić information content (AvgIpc) is 2.54. The smallest absolute Gasteiger partial charge is 0.330 e. The van der Waals surface area contributed by atoms with Crippen molar-refractivity contribution in [2.24, 2.45) is 5.41 Å². The first-order chi connectivity index (χ1) is 11.7.